The minimum atomic E-state index is -5.17. The van der Waals surface area contributed by atoms with Gasteiger partial charge in [0, 0.05) is 10.4 Å². The van der Waals surface area contributed by atoms with E-state index in [-0.39, 0.29) is 22.6 Å². The molecule has 0 heterocycles. The average molecular weight is 289 g/mol. The van der Waals surface area contributed by atoms with E-state index >= 15 is 0 Å². The molecule has 1 rings (SSSR count). The van der Waals surface area contributed by atoms with Gasteiger partial charge >= 0.3 is 23.0 Å². The Bertz CT molecular complexity index is 394. The Balaban J connectivity index is 0. The molecule has 16 heavy (non-hydrogen) atoms. The zero-order chi connectivity index (χ0) is 11.9. The van der Waals surface area contributed by atoms with Crippen molar-refractivity contribution in [3.8, 4) is 0 Å². The molecule has 0 N–H and O–H groups in total. The summed E-state index contributed by atoms with van der Waals surface area (Å²) >= 11 is 0. The summed E-state index contributed by atoms with van der Waals surface area (Å²) in [6.45, 7) is 0. The molecule has 1 aromatic carbocycles. The fraction of sp³-hybridized carbons (Fsp3) is 0. The second kappa shape index (κ2) is 8.22. The number of rotatable bonds is 1. The van der Waals surface area contributed by atoms with Crippen LogP contribution in [0.3, 0.4) is 0 Å². The van der Waals surface area contributed by atoms with E-state index < -0.39 is 16.4 Å². The number of carbonyl (C=O) groups excluding carboxylic acids is 1. The van der Waals surface area contributed by atoms with Crippen molar-refractivity contribution >= 4 is 16.4 Å². The van der Waals surface area contributed by atoms with E-state index in [1.807, 2.05) is 0 Å². The summed E-state index contributed by atoms with van der Waals surface area (Å²) in [4.78, 5) is 13.7. The van der Waals surface area contributed by atoms with Gasteiger partial charge < -0.3 is 19.3 Å². The van der Waals surface area contributed by atoms with Gasteiger partial charge in [0.2, 0.25) is 0 Å². The molecule has 7 nitrogen and oxygen atoms in total. The van der Waals surface area contributed by atoms with Crippen LogP contribution < -0.4 is 5.26 Å². The van der Waals surface area contributed by atoms with Crippen molar-refractivity contribution in [2.24, 2.45) is 0 Å². The SMILES string of the molecule is O=C(O[O-])c1ccccc1.O=S(=O)([O-])[O-].[Fe+3]. The Kier molecular flexibility index (Phi) is 8.96. The molecule has 0 spiro atoms. The quantitative estimate of drug-likeness (QED) is 0.208. The molecule has 89 valence electrons. The van der Waals surface area contributed by atoms with Crippen molar-refractivity contribution in [2.45, 2.75) is 0 Å². The molecule has 0 aromatic heterocycles. The predicted octanol–water partition coefficient (Wildman–Crippen LogP) is -1.22. The number of carbonyl (C=O) groups is 1. The van der Waals surface area contributed by atoms with Crippen LogP contribution in [0.5, 0.6) is 0 Å². The summed E-state index contributed by atoms with van der Waals surface area (Å²) in [7, 11) is -5.17. The molecule has 0 saturated heterocycles. The van der Waals surface area contributed by atoms with Gasteiger partial charge in [0.15, 0.2) is 0 Å². The van der Waals surface area contributed by atoms with Crippen LogP contribution in [0.1, 0.15) is 10.4 Å². The molecule has 0 aliphatic rings. The first-order valence-electron chi connectivity index (χ1n) is 3.40. The molecule has 9 heteroatoms. The standard InChI is InChI=1S/C7H6O3.Fe.H2O4S/c8-7(10-9)6-4-2-1-3-5-6;;1-5(2,3)4/h1-5,9H;;(H2,1,2,3,4)/q;+3;/p-3. The van der Waals surface area contributed by atoms with Crippen molar-refractivity contribution in [2.75, 3.05) is 0 Å². The van der Waals surface area contributed by atoms with Gasteiger partial charge in [-0.15, -0.1) is 0 Å². The van der Waals surface area contributed by atoms with Crippen LogP contribution in [0.25, 0.3) is 0 Å². The molecule has 1 aromatic rings. The molecule has 1 radical (unpaired) electrons. The topological polar surface area (TPSA) is 130 Å². The molecule has 0 atom stereocenters. The maximum absolute atomic E-state index is 10.5. The molecule has 0 fully saturated rings. The van der Waals surface area contributed by atoms with Crippen LogP contribution in [-0.2, 0) is 32.4 Å². The van der Waals surface area contributed by atoms with E-state index in [0.29, 0.717) is 0 Å². The van der Waals surface area contributed by atoms with Gasteiger partial charge in [0.1, 0.15) is 0 Å². The largest absolute Gasteiger partial charge is 3.00 e. The maximum atomic E-state index is 10.5. The summed E-state index contributed by atoms with van der Waals surface area (Å²) in [6, 6.07) is 8.10. The molecule has 0 bridgehead atoms. The van der Waals surface area contributed by atoms with E-state index in [9.17, 15) is 10.1 Å². The number of hydrogen-bond donors (Lipinski definition) is 0. The van der Waals surface area contributed by atoms with Crippen LogP contribution in [0.2, 0.25) is 0 Å². The molecule has 0 aliphatic heterocycles. The number of hydrogen-bond acceptors (Lipinski definition) is 7. The van der Waals surface area contributed by atoms with Gasteiger partial charge in [-0.05, 0) is 12.1 Å². The smallest absolute Gasteiger partial charge is 0.759 e. The van der Waals surface area contributed by atoms with Crippen molar-refractivity contribution in [1.82, 2.24) is 0 Å². The summed E-state index contributed by atoms with van der Waals surface area (Å²) in [5.74, 6) is -0.847. The fourth-order valence-corrected chi connectivity index (χ4v) is 0.622. The van der Waals surface area contributed by atoms with E-state index in [1.165, 1.54) is 12.1 Å². The third-order valence-electron chi connectivity index (χ3n) is 1.09. The minimum absolute atomic E-state index is 0. The Morgan fingerprint density at radius 1 is 1.12 bits per heavy atom. The average Bonchev–Trinajstić information content (AvgIpc) is 2.15. The molecular weight excluding hydrogens is 284 g/mol. The third kappa shape index (κ3) is 11.1. The molecule has 0 saturated carbocycles. The van der Waals surface area contributed by atoms with E-state index in [0.717, 1.165) is 0 Å². The Morgan fingerprint density at radius 2 is 1.50 bits per heavy atom. The van der Waals surface area contributed by atoms with E-state index in [2.05, 4.69) is 4.89 Å². The van der Waals surface area contributed by atoms with Gasteiger partial charge in [0.05, 0.1) is 5.56 Å². The van der Waals surface area contributed by atoms with Gasteiger partial charge in [-0.2, -0.15) is 0 Å². The summed E-state index contributed by atoms with van der Waals surface area (Å²) in [6.07, 6.45) is 0. The minimum Gasteiger partial charge on any atom is -0.759 e. The Labute approximate surface area is 102 Å². The monoisotopic (exact) mass is 289 g/mol. The zero-order valence-corrected chi connectivity index (χ0v) is 9.43. The normalized spacial score (nSPS) is 9.19. The van der Waals surface area contributed by atoms with E-state index in [4.69, 9.17) is 17.5 Å². The Hall–Kier alpha value is -0.961. The van der Waals surface area contributed by atoms with Crippen molar-refractivity contribution in [3.63, 3.8) is 0 Å². The number of benzene rings is 1. The summed E-state index contributed by atoms with van der Waals surface area (Å²) in [5, 5.41) is 9.58. The van der Waals surface area contributed by atoms with Crippen LogP contribution in [0, 0.1) is 0 Å². The maximum Gasteiger partial charge on any atom is 3.00 e. The molecule has 0 aliphatic carbocycles. The van der Waals surface area contributed by atoms with Crippen LogP contribution >= 0.6 is 0 Å². The second-order valence-electron chi connectivity index (χ2n) is 2.15. The van der Waals surface area contributed by atoms with Gasteiger partial charge in [-0.25, -0.2) is 4.79 Å². The summed E-state index contributed by atoms with van der Waals surface area (Å²) in [5.41, 5.74) is 0.275. The first kappa shape index (κ1) is 17.4. The van der Waals surface area contributed by atoms with Crippen LogP contribution in [-0.4, -0.2) is 23.5 Å². The van der Waals surface area contributed by atoms with Crippen LogP contribution in [0.15, 0.2) is 30.3 Å². The van der Waals surface area contributed by atoms with Crippen LogP contribution in [0.4, 0.5) is 0 Å². The van der Waals surface area contributed by atoms with Gasteiger partial charge in [0.25, 0.3) is 0 Å². The molecule has 0 unspecified atom stereocenters. The Morgan fingerprint density at radius 3 is 1.81 bits per heavy atom. The van der Waals surface area contributed by atoms with Crippen molar-refractivity contribution in [1.29, 1.82) is 0 Å². The second-order valence-corrected chi connectivity index (χ2v) is 2.96. The third-order valence-corrected chi connectivity index (χ3v) is 1.09. The zero-order valence-electron chi connectivity index (χ0n) is 7.51. The molecular formula is C7H5FeO7S. The summed E-state index contributed by atoms with van der Waals surface area (Å²) < 4.78 is 34.1. The van der Waals surface area contributed by atoms with Crippen molar-refractivity contribution in [3.05, 3.63) is 35.9 Å². The van der Waals surface area contributed by atoms with Crippen molar-refractivity contribution < 1.29 is 49.5 Å². The molecule has 0 amide bonds. The predicted molar refractivity (Wildman–Crippen MR) is 42.3 cm³/mol. The van der Waals surface area contributed by atoms with Gasteiger partial charge in [-0.1, -0.05) is 18.2 Å². The fourth-order valence-electron chi connectivity index (χ4n) is 0.622. The first-order chi connectivity index (χ1) is 6.84. The van der Waals surface area contributed by atoms with Gasteiger partial charge in [-0.3, -0.25) is 8.42 Å². The first-order valence-corrected chi connectivity index (χ1v) is 4.74. The van der Waals surface area contributed by atoms with E-state index in [1.54, 1.807) is 18.2 Å².